The second-order valence-electron chi connectivity index (χ2n) is 9.73. The van der Waals surface area contributed by atoms with Crippen molar-refractivity contribution in [3.8, 4) is 16.2 Å². The van der Waals surface area contributed by atoms with Gasteiger partial charge in [-0.15, -0.1) is 11.3 Å². The quantitative estimate of drug-likeness (QED) is 0.185. The van der Waals surface area contributed by atoms with E-state index < -0.39 is 17.4 Å². The summed E-state index contributed by atoms with van der Waals surface area (Å²) in [7, 11) is 3.56. The van der Waals surface area contributed by atoms with Crippen molar-refractivity contribution >= 4 is 27.3 Å². The lowest BCUT2D eigenvalue weighted by Crippen LogP contribution is -2.21. The van der Waals surface area contributed by atoms with Crippen LogP contribution in [0.1, 0.15) is 34.0 Å². The van der Waals surface area contributed by atoms with Crippen LogP contribution in [0.25, 0.3) is 20.7 Å². The van der Waals surface area contributed by atoms with Gasteiger partial charge in [0.25, 0.3) is 0 Å². The molecule has 40 heavy (non-hydrogen) atoms. The molecule has 8 heteroatoms. The van der Waals surface area contributed by atoms with E-state index in [1.54, 1.807) is 11.7 Å². The van der Waals surface area contributed by atoms with Gasteiger partial charge in [0.15, 0.2) is 5.78 Å². The maximum absolute atomic E-state index is 14.7. The van der Waals surface area contributed by atoms with Crippen LogP contribution in [-0.4, -0.2) is 29.4 Å². The van der Waals surface area contributed by atoms with Crippen LogP contribution in [0.3, 0.4) is 0 Å². The molecule has 0 spiro atoms. The first-order valence-electron chi connectivity index (χ1n) is 12.8. The first-order valence-corrected chi connectivity index (χ1v) is 13.6. The molecule has 2 heterocycles. The van der Waals surface area contributed by atoms with E-state index >= 15 is 0 Å². The number of fused-ring (bicyclic) bond motifs is 1. The number of methoxy groups -OCH3 is 1. The number of pyridine rings is 1. The summed E-state index contributed by atoms with van der Waals surface area (Å²) in [6, 6.07) is 21.2. The SMILES string of the molecule is COc1ccc(-c2sc3c(c2CN(C)Cc2ccccc2)c(=O)c(C(C)=O)cn3Cc2c(F)cccc2F)cc1. The van der Waals surface area contributed by atoms with Gasteiger partial charge in [0, 0.05) is 29.7 Å². The minimum atomic E-state index is -0.689. The summed E-state index contributed by atoms with van der Waals surface area (Å²) in [5.41, 5.74) is 2.22. The fourth-order valence-electron chi connectivity index (χ4n) is 4.87. The molecular formula is C32H28F2N2O3S. The molecule has 0 amide bonds. The minimum absolute atomic E-state index is 0.0182. The van der Waals surface area contributed by atoms with E-state index in [1.165, 1.54) is 42.7 Å². The number of ketones is 1. The van der Waals surface area contributed by atoms with Crippen molar-refractivity contribution in [2.45, 2.75) is 26.6 Å². The molecule has 0 saturated carbocycles. The Morgan fingerprint density at radius 3 is 2.23 bits per heavy atom. The molecule has 5 nitrogen and oxygen atoms in total. The van der Waals surface area contributed by atoms with Crippen molar-refractivity contribution in [1.82, 2.24) is 9.47 Å². The second kappa shape index (κ2) is 11.5. The highest BCUT2D eigenvalue weighted by Crippen LogP contribution is 2.39. The maximum Gasteiger partial charge on any atom is 0.201 e. The molecule has 0 aliphatic heterocycles. The number of Topliss-reactive ketones (excluding diaryl/α,β-unsaturated/α-hetero) is 1. The third-order valence-corrected chi connectivity index (χ3v) is 8.17. The highest BCUT2D eigenvalue weighted by molar-refractivity contribution is 7.22. The number of carbonyl (C=O) groups excluding carboxylic acids is 1. The lowest BCUT2D eigenvalue weighted by molar-refractivity contribution is 0.101. The predicted octanol–water partition coefficient (Wildman–Crippen LogP) is 6.90. The van der Waals surface area contributed by atoms with Crippen molar-refractivity contribution in [1.29, 1.82) is 0 Å². The van der Waals surface area contributed by atoms with Gasteiger partial charge >= 0.3 is 0 Å². The Labute approximate surface area is 234 Å². The van der Waals surface area contributed by atoms with Gasteiger partial charge in [0.2, 0.25) is 5.43 Å². The summed E-state index contributed by atoms with van der Waals surface area (Å²) < 4.78 is 36.3. The molecule has 0 bridgehead atoms. The Morgan fingerprint density at radius 1 is 0.925 bits per heavy atom. The lowest BCUT2D eigenvalue weighted by atomic mass is 10.0. The smallest absolute Gasteiger partial charge is 0.201 e. The third-order valence-electron chi connectivity index (χ3n) is 6.85. The topological polar surface area (TPSA) is 51.5 Å². The molecule has 0 N–H and O–H groups in total. The van der Waals surface area contributed by atoms with Crippen LogP contribution < -0.4 is 10.2 Å². The monoisotopic (exact) mass is 558 g/mol. The van der Waals surface area contributed by atoms with Gasteiger partial charge in [-0.3, -0.25) is 14.5 Å². The van der Waals surface area contributed by atoms with Gasteiger partial charge in [-0.25, -0.2) is 8.78 Å². The summed E-state index contributed by atoms with van der Waals surface area (Å²) >= 11 is 1.37. The number of carbonyl (C=O) groups is 1. The van der Waals surface area contributed by atoms with Crippen molar-refractivity contribution in [2.24, 2.45) is 0 Å². The molecule has 0 radical (unpaired) electrons. The van der Waals surface area contributed by atoms with E-state index in [-0.39, 0.29) is 23.1 Å². The number of nitrogens with zero attached hydrogens (tertiary/aromatic N) is 2. The summed E-state index contributed by atoms with van der Waals surface area (Å²) in [6.07, 6.45) is 1.42. The zero-order chi connectivity index (χ0) is 28.4. The Morgan fingerprint density at radius 2 is 1.60 bits per heavy atom. The van der Waals surface area contributed by atoms with Crippen LogP contribution >= 0.6 is 11.3 Å². The molecule has 0 aliphatic rings. The summed E-state index contributed by atoms with van der Waals surface area (Å²) in [4.78, 5) is 29.9. The average Bonchev–Trinajstić information content (AvgIpc) is 3.32. The fraction of sp³-hybridized carbons (Fsp3) is 0.188. The van der Waals surface area contributed by atoms with E-state index in [9.17, 15) is 18.4 Å². The molecular weight excluding hydrogens is 530 g/mol. The molecule has 0 aliphatic carbocycles. The Balaban J connectivity index is 1.73. The standard InChI is InChI=1S/C32H28F2N2O3S/c1-20(37)24-18-36(19-25-27(33)10-7-11-28(25)34)32-29(30(24)38)26(17-35(2)16-21-8-5-4-6-9-21)31(40-32)22-12-14-23(39-3)15-13-22/h4-15,18H,16-17,19H2,1-3H3. The number of hydrogen-bond donors (Lipinski definition) is 0. The zero-order valence-electron chi connectivity index (χ0n) is 22.4. The number of aromatic nitrogens is 1. The van der Waals surface area contributed by atoms with E-state index in [4.69, 9.17) is 4.74 Å². The first kappa shape index (κ1) is 27.4. The van der Waals surface area contributed by atoms with Gasteiger partial charge < -0.3 is 9.30 Å². The highest BCUT2D eigenvalue weighted by atomic mass is 32.1. The maximum atomic E-state index is 14.7. The van der Waals surface area contributed by atoms with Gasteiger partial charge in [0.05, 0.1) is 24.6 Å². The normalized spacial score (nSPS) is 11.3. The van der Waals surface area contributed by atoms with E-state index in [1.807, 2.05) is 61.6 Å². The van der Waals surface area contributed by atoms with Gasteiger partial charge in [-0.1, -0.05) is 36.4 Å². The van der Waals surface area contributed by atoms with Crippen LogP contribution in [-0.2, 0) is 19.6 Å². The van der Waals surface area contributed by atoms with Crippen LogP contribution in [0.5, 0.6) is 5.75 Å². The Kier molecular flexibility index (Phi) is 7.91. The zero-order valence-corrected chi connectivity index (χ0v) is 23.2. The first-order chi connectivity index (χ1) is 19.3. The van der Waals surface area contributed by atoms with Gasteiger partial charge in [-0.2, -0.15) is 0 Å². The van der Waals surface area contributed by atoms with Crippen molar-refractivity contribution in [2.75, 3.05) is 14.2 Å². The minimum Gasteiger partial charge on any atom is -0.497 e. The number of thiophene rings is 1. The van der Waals surface area contributed by atoms with Crippen LogP contribution in [0.2, 0.25) is 0 Å². The molecule has 204 valence electrons. The van der Waals surface area contributed by atoms with Crippen LogP contribution in [0, 0.1) is 11.6 Å². The molecule has 0 atom stereocenters. The molecule has 5 aromatic rings. The molecule has 0 fully saturated rings. The summed E-state index contributed by atoms with van der Waals surface area (Å²) in [6.45, 7) is 2.22. The average molecular weight is 559 g/mol. The fourth-order valence-corrected chi connectivity index (χ4v) is 6.15. The Hall–Kier alpha value is -4.14. The second-order valence-corrected chi connectivity index (χ2v) is 10.7. The molecule has 5 rings (SSSR count). The summed E-state index contributed by atoms with van der Waals surface area (Å²) in [5, 5.41) is 0.389. The lowest BCUT2D eigenvalue weighted by Gasteiger charge is -2.18. The van der Waals surface area contributed by atoms with Crippen molar-refractivity contribution < 1.29 is 18.3 Å². The number of rotatable bonds is 9. The van der Waals surface area contributed by atoms with Crippen molar-refractivity contribution in [3.05, 3.63) is 123 Å². The predicted molar refractivity (Wildman–Crippen MR) is 155 cm³/mol. The molecule has 3 aromatic carbocycles. The molecule has 2 aromatic heterocycles. The molecule has 0 saturated heterocycles. The van der Waals surface area contributed by atoms with E-state index in [0.29, 0.717) is 29.1 Å². The number of benzene rings is 3. The Bertz CT molecular complexity index is 1720. The van der Waals surface area contributed by atoms with Crippen molar-refractivity contribution in [3.63, 3.8) is 0 Å². The molecule has 0 unspecified atom stereocenters. The highest BCUT2D eigenvalue weighted by Gasteiger charge is 2.24. The van der Waals surface area contributed by atoms with Gasteiger partial charge in [0.1, 0.15) is 22.2 Å². The number of hydrogen-bond acceptors (Lipinski definition) is 5. The van der Waals surface area contributed by atoms with E-state index in [0.717, 1.165) is 21.6 Å². The third kappa shape index (κ3) is 5.46. The van der Waals surface area contributed by atoms with Crippen LogP contribution in [0.4, 0.5) is 8.78 Å². The number of ether oxygens (including phenoxy) is 1. The van der Waals surface area contributed by atoms with Crippen LogP contribution in [0.15, 0.2) is 83.8 Å². The van der Waals surface area contributed by atoms with E-state index in [2.05, 4.69) is 4.90 Å². The largest absolute Gasteiger partial charge is 0.497 e. The summed E-state index contributed by atoms with van der Waals surface area (Å²) in [5.74, 6) is -1.09. The number of halogens is 2. The van der Waals surface area contributed by atoms with Gasteiger partial charge in [-0.05, 0) is 67.1 Å².